The Hall–Kier alpha value is -2.24. The molecule has 1 heterocycles. The van der Waals surface area contributed by atoms with E-state index in [1.54, 1.807) is 0 Å². The first-order valence-corrected chi connectivity index (χ1v) is 3.68. The van der Waals surface area contributed by atoms with Crippen molar-refractivity contribution in [3.05, 3.63) is 39.4 Å². The van der Waals surface area contributed by atoms with Gasteiger partial charge in [-0.3, -0.25) is 14.9 Å². The summed E-state index contributed by atoms with van der Waals surface area (Å²) in [4.78, 5) is 23.9. The molecule has 70 valence electrons. The Morgan fingerprint density at radius 1 is 1.29 bits per heavy atom. The van der Waals surface area contributed by atoms with Gasteiger partial charge in [-0.1, -0.05) is 0 Å². The molecular weight excluding hydrogens is 188 g/mol. The van der Waals surface area contributed by atoms with E-state index in [-0.39, 0.29) is 16.8 Å². The Labute approximate surface area is 77.7 Å². The number of rotatable bonds is 1. The average Bonchev–Trinajstić information content (AvgIpc) is 2.42. The smallest absolute Gasteiger partial charge is 0.277 e. The van der Waals surface area contributed by atoms with Gasteiger partial charge < -0.3 is 5.11 Å². The molecule has 0 fully saturated rings. The fourth-order valence-electron chi connectivity index (χ4n) is 1.22. The van der Waals surface area contributed by atoms with Crippen LogP contribution >= 0.6 is 0 Å². The van der Waals surface area contributed by atoms with E-state index in [1.165, 1.54) is 12.1 Å². The molecule has 6 nitrogen and oxygen atoms in total. The van der Waals surface area contributed by atoms with Gasteiger partial charge in [-0.2, -0.15) is 0 Å². The third kappa shape index (κ3) is 1.05. The van der Waals surface area contributed by atoms with Crippen LogP contribution in [-0.2, 0) is 0 Å². The number of hydrogen-bond acceptors (Lipinski definition) is 4. The minimum atomic E-state index is -0.714. The number of carbonyl (C=O) groups is 1. The van der Waals surface area contributed by atoms with Crippen LogP contribution in [0.1, 0.15) is 15.9 Å². The summed E-state index contributed by atoms with van der Waals surface area (Å²) in [5, 5.41) is 21.4. The summed E-state index contributed by atoms with van der Waals surface area (Å²) >= 11 is 0. The van der Waals surface area contributed by atoms with Crippen LogP contribution in [0.2, 0.25) is 0 Å². The predicted molar refractivity (Wildman–Crippen MR) is 44.0 cm³/mol. The Morgan fingerprint density at radius 3 is 2.64 bits per heavy atom. The topological polar surface area (TPSA) is 95.6 Å². The van der Waals surface area contributed by atoms with Crippen LogP contribution in [0.25, 0.3) is 0 Å². The van der Waals surface area contributed by atoms with Crippen LogP contribution < -0.4 is 5.11 Å². The quantitative estimate of drug-likeness (QED) is 0.455. The maximum Gasteiger partial charge on any atom is 0.277 e. The van der Waals surface area contributed by atoms with Crippen molar-refractivity contribution in [1.82, 2.24) is 0 Å². The first-order chi connectivity index (χ1) is 6.59. The number of amides is 1. The highest BCUT2D eigenvalue weighted by molar-refractivity contribution is 6.17. The van der Waals surface area contributed by atoms with E-state index in [0.29, 0.717) is 0 Å². The summed E-state index contributed by atoms with van der Waals surface area (Å²) in [5.41, 5.74) is -0.0909. The van der Waals surface area contributed by atoms with Gasteiger partial charge in [0.1, 0.15) is 0 Å². The lowest BCUT2D eigenvalue weighted by atomic mass is 10.1. The van der Waals surface area contributed by atoms with E-state index < -0.39 is 16.7 Å². The normalized spacial score (nSPS) is 13.7. The van der Waals surface area contributed by atoms with Crippen LogP contribution in [0.5, 0.6) is 0 Å². The molecule has 1 aliphatic heterocycles. The lowest BCUT2D eigenvalue weighted by Gasteiger charge is -2.03. The Morgan fingerprint density at radius 2 is 2.00 bits per heavy atom. The minimum Gasteiger partial charge on any atom is -0.858 e. The van der Waals surface area contributed by atoms with Gasteiger partial charge in [0.05, 0.1) is 10.5 Å². The van der Waals surface area contributed by atoms with Gasteiger partial charge in [0, 0.05) is 17.7 Å². The second-order valence-corrected chi connectivity index (χ2v) is 2.71. The second-order valence-electron chi connectivity index (χ2n) is 2.71. The molecule has 1 aromatic rings. The van der Waals surface area contributed by atoms with Gasteiger partial charge >= 0.3 is 0 Å². The fourth-order valence-corrected chi connectivity index (χ4v) is 1.22. The van der Waals surface area contributed by atoms with Crippen molar-refractivity contribution in [2.24, 2.45) is 4.99 Å². The van der Waals surface area contributed by atoms with Crippen LogP contribution in [0.4, 0.5) is 5.69 Å². The molecule has 1 aromatic carbocycles. The van der Waals surface area contributed by atoms with Crippen LogP contribution in [0, 0.1) is 10.1 Å². The number of nitro benzene ring substituents is 1. The molecule has 2 rings (SSSR count). The van der Waals surface area contributed by atoms with Gasteiger partial charge in [0.2, 0.25) is 0 Å². The first kappa shape index (κ1) is 8.36. The molecule has 0 radical (unpaired) electrons. The highest BCUT2D eigenvalue weighted by Gasteiger charge is 2.20. The van der Waals surface area contributed by atoms with E-state index in [0.717, 1.165) is 6.07 Å². The molecule has 14 heavy (non-hydrogen) atoms. The van der Waals surface area contributed by atoms with Gasteiger partial charge in [0.25, 0.3) is 11.6 Å². The zero-order chi connectivity index (χ0) is 10.3. The molecule has 0 unspecified atom stereocenters. The molecule has 0 aliphatic carbocycles. The first-order valence-electron chi connectivity index (χ1n) is 3.68. The summed E-state index contributed by atoms with van der Waals surface area (Å²) in [6, 6.07) is 3.47. The number of non-ortho nitro benzene ring substituents is 1. The summed E-state index contributed by atoms with van der Waals surface area (Å²) in [6.07, 6.45) is 0. The number of carbonyl (C=O) groups excluding carboxylic acids is 1. The number of aliphatic imine (C=N–C) groups is 1. The van der Waals surface area contributed by atoms with Crippen LogP contribution in [-0.4, -0.2) is 16.7 Å². The van der Waals surface area contributed by atoms with Crippen LogP contribution in [0.15, 0.2) is 23.2 Å². The molecule has 0 bridgehead atoms. The Kier molecular flexibility index (Phi) is 1.57. The third-order valence-electron chi connectivity index (χ3n) is 1.88. The average molecular weight is 191 g/mol. The maximum atomic E-state index is 11.0. The zero-order valence-electron chi connectivity index (χ0n) is 6.76. The van der Waals surface area contributed by atoms with E-state index in [9.17, 15) is 20.0 Å². The largest absolute Gasteiger partial charge is 0.858 e. The maximum absolute atomic E-state index is 11.0. The predicted octanol–water partition coefficient (Wildman–Crippen LogP) is -0.145. The minimum absolute atomic E-state index is 0.00389. The van der Waals surface area contributed by atoms with Gasteiger partial charge in [-0.05, 0) is 12.0 Å². The molecule has 1 amide bonds. The number of nitro groups is 1. The van der Waals surface area contributed by atoms with Crippen molar-refractivity contribution in [3.63, 3.8) is 0 Å². The van der Waals surface area contributed by atoms with Crippen molar-refractivity contribution in [2.75, 3.05) is 0 Å². The lowest BCUT2D eigenvalue weighted by molar-refractivity contribution is -0.384. The SMILES string of the molecule is O=C1N=C([O-])c2cc([N+](=O)[O-])ccc21. The van der Waals surface area contributed by atoms with Gasteiger partial charge in [-0.25, -0.2) is 4.99 Å². The van der Waals surface area contributed by atoms with Gasteiger partial charge in [-0.15, -0.1) is 0 Å². The van der Waals surface area contributed by atoms with Crippen molar-refractivity contribution < 1.29 is 14.8 Å². The van der Waals surface area contributed by atoms with Crippen molar-refractivity contribution in [2.45, 2.75) is 0 Å². The van der Waals surface area contributed by atoms with E-state index in [2.05, 4.69) is 4.99 Å². The Balaban J connectivity index is 2.61. The highest BCUT2D eigenvalue weighted by Crippen LogP contribution is 2.22. The molecule has 0 spiro atoms. The number of fused-ring (bicyclic) bond motifs is 1. The molecule has 1 aliphatic rings. The molecular formula is C8H3N2O4-. The molecule has 6 heteroatoms. The third-order valence-corrected chi connectivity index (χ3v) is 1.88. The lowest BCUT2D eigenvalue weighted by Crippen LogP contribution is -2.16. The number of benzene rings is 1. The number of nitrogens with zero attached hydrogens (tertiary/aromatic N) is 2. The molecule has 0 aromatic heterocycles. The van der Waals surface area contributed by atoms with Crippen molar-refractivity contribution >= 4 is 17.5 Å². The summed E-state index contributed by atoms with van der Waals surface area (Å²) in [5.74, 6) is -1.35. The number of hydrogen-bond donors (Lipinski definition) is 0. The van der Waals surface area contributed by atoms with E-state index in [1.807, 2.05) is 0 Å². The zero-order valence-corrected chi connectivity index (χ0v) is 6.76. The highest BCUT2D eigenvalue weighted by atomic mass is 16.6. The van der Waals surface area contributed by atoms with Crippen molar-refractivity contribution in [3.8, 4) is 0 Å². The Bertz CT molecular complexity index is 478. The molecule has 0 saturated heterocycles. The second kappa shape index (κ2) is 2.63. The molecule has 0 saturated carbocycles. The van der Waals surface area contributed by atoms with E-state index >= 15 is 0 Å². The summed E-state index contributed by atoms with van der Waals surface area (Å²) < 4.78 is 0. The fraction of sp³-hybridized carbons (Fsp3) is 0. The van der Waals surface area contributed by atoms with Gasteiger partial charge in [0.15, 0.2) is 0 Å². The standard InChI is InChI=1S/C8H4N2O4/c11-7-5-2-1-4(10(13)14)3-6(5)8(12)9-7/h1-3H,(H,9,11,12)/p-1. The molecule has 0 N–H and O–H groups in total. The monoisotopic (exact) mass is 191 g/mol. The van der Waals surface area contributed by atoms with Crippen molar-refractivity contribution in [1.29, 1.82) is 0 Å². The summed E-state index contributed by atoms with van der Waals surface area (Å²) in [7, 11) is 0. The van der Waals surface area contributed by atoms with Crippen LogP contribution in [0.3, 0.4) is 0 Å². The molecule has 0 atom stereocenters. The summed E-state index contributed by atoms with van der Waals surface area (Å²) in [6.45, 7) is 0. The van der Waals surface area contributed by atoms with E-state index in [4.69, 9.17) is 0 Å².